The molecule has 0 aliphatic rings. The molecule has 0 aliphatic carbocycles. The van der Waals surface area contributed by atoms with Crippen LogP contribution in [-0.2, 0) is 11.3 Å². The van der Waals surface area contributed by atoms with E-state index in [2.05, 4.69) is 15.9 Å². The topological polar surface area (TPSA) is 52.3 Å². The van der Waals surface area contributed by atoms with E-state index in [9.17, 15) is 9.18 Å². The summed E-state index contributed by atoms with van der Waals surface area (Å²) in [6, 6.07) is 10.7. The van der Waals surface area contributed by atoms with Crippen molar-refractivity contribution in [3.8, 4) is 0 Å². The fourth-order valence-corrected chi connectivity index (χ4v) is 1.94. The van der Waals surface area contributed by atoms with Gasteiger partial charge in [0, 0.05) is 5.69 Å². The van der Waals surface area contributed by atoms with Gasteiger partial charge in [0.1, 0.15) is 12.4 Å². The standard InChI is InChI=1S/C14H11BrFNO2/c15-13-11(2-1-3-12(13)17)14(18)19-8-9-4-6-10(16)7-5-9/h1-7H,8,17H2. The Morgan fingerprint density at radius 1 is 1.21 bits per heavy atom. The molecule has 0 unspecified atom stereocenters. The Balaban J connectivity index is 2.05. The Morgan fingerprint density at radius 3 is 2.58 bits per heavy atom. The molecule has 0 saturated heterocycles. The number of rotatable bonds is 3. The average molecular weight is 324 g/mol. The van der Waals surface area contributed by atoms with Crippen LogP contribution < -0.4 is 5.73 Å². The molecule has 0 spiro atoms. The predicted molar refractivity (Wildman–Crippen MR) is 74.1 cm³/mol. The van der Waals surface area contributed by atoms with Gasteiger partial charge >= 0.3 is 5.97 Å². The van der Waals surface area contributed by atoms with Crippen LogP contribution in [0.2, 0.25) is 0 Å². The molecule has 5 heteroatoms. The van der Waals surface area contributed by atoms with E-state index in [1.54, 1.807) is 30.3 Å². The Labute approximate surface area is 118 Å². The van der Waals surface area contributed by atoms with Gasteiger partial charge in [0.25, 0.3) is 0 Å². The zero-order chi connectivity index (χ0) is 13.8. The van der Waals surface area contributed by atoms with E-state index in [-0.39, 0.29) is 12.4 Å². The molecule has 0 aliphatic heterocycles. The number of halogens is 2. The van der Waals surface area contributed by atoms with E-state index in [1.807, 2.05) is 0 Å². The highest BCUT2D eigenvalue weighted by Crippen LogP contribution is 2.24. The molecule has 0 aromatic heterocycles. The van der Waals surface area contributed by atoms with Gasteiger partial charge in [0.2, 0.25) is 0 Å². The number of ether oxygens (including phenoxy) is 1. The van der Waals surface area contributed by atoms with Gasteiger partial charge in [-0.2, -0.15) is 0 Å². The minimum absolute atomic E-state index is 0.0837. The molecule has 0 fully saturated rings. The van der Waals surface area contributed by atoms with Crippen molar-refractivity contribution in [3.05, 3.63) is 63.9 Å². The third-order valence-electron chi connectivity index (χ3n) is 2.53. The zero-order valence-electron chi connectivity index (χ0n) is 9.90. The molecular weight excluding hydrogens is 313 g/mol. The van der Waals surface area contributed by atoms with E-state index in [0.717, 1.165) is 5.56 Å². The van der Waals surface area contributed by atoms with Crippen molar-refractivity contribution in [2.24, 2.45) is 0 Å². The number of benzene rings is 2. The lowest BCUT2D eigenvalue weighted by Crippen LogP contribution is -2.07. The number of hydrogen-bond donors (Lipinski definition) is 1. The normalized spacial score (nSPS) is 10.2. The highest BCUT2D eigenvalue weighted by Gasteiger charge is 2.13. The van der Waals surface area contributed by atoms with Crippen LogP contribution in [0.4, 0.5) is 10.1 Å². The molecule has 2 aromatic carbocycles. The molecule has 0 radical (unpaired) electrons. The van der Waals surface area contributed by atoms with Crippen LogP contribution in [0, 0.1) is 5.82 Å². The van der Waals surface area contributed by atoms with Crippen molar-refractivity contribution < 1.29 is 13.9 Å². The quantitative estimate of drug-likeness (QED) is 0.694. The fourth-order valence-electron chi connectivity index (χ4n) is 1.51. The predicted octanol–water partition coefficient (Wildman–Crippen LogP) is 3.53. The number of anilines is 1. The first kappa shape index (κ1) is 13.5. The van der Waals surface area contributed by atoms with Gasteiger partial charge in [0.05, 0.1) is 10.0 Å². The van der Waals surface area contributed by atoms with Gasteiger partial charge in [-0.25, -0.2) is 9.18 Å². The highest BCUT2D eigenvalue weighted by molar-refractivity contribution is 9.10. The van der Waals surface area contributed by atoms with E-state index in [0.29, 0.717) is 15.7 Å². The smallest absolute Gasteiger partial charge is 0.339 e. The van der Waals surface area contributed by atoms with Crippen LogP contribution in [-0.4, -0.2) is 5.97 Å². The van der Waals surface area contributed by atoms with Crippen LogP contribution in [0.3, 0.4) is 0 Å². The minimum atomic E-state index is -0.483. The molecule has 2 N–H and O–H groups in total. The highest BCUT2D eigenvalue weighted by atomic mass is 79.9. The van der Waals surface area contributed by atoms with Crippen LogP contribution in [0.1, 0.15) is 15.9 Å². The Hall–Kier alpha value is -1.88. The van der Waals surface area contributed by atoms with Crippen molar-refractivity contribution in [3.63, 3.8) is 0 Å². The second-order valence-corrected chi connectivity index (χ2v) is 4.70. The fraction of sp³-hybridized carbons (Fsp3) is 0.0714. The van der Waals surface area contributed by atoms with Crippen molar-refractivity contribution in [2.45, 2.75) is 6.61 Å². The van der Waals surface area contributed by atoms with Gasteiger partial charge < -0.3 is 10.5 Å². The maximum Gasteiger partial charge on any atom is 0.339 e. The van der Waals surface area contributed by atoms with Crippen LogP contribution in [0.25, 0.3) is 0 Å². The first-order chi connectivity index (χ1) is 9.08. The van der Waals surface area contributed by atoms with Crippen molar-refractivity contribution in [2.75, 3.05) is 5.73 Å². The lowest BCUT2D eigenvalue weighted by Gasteiger charge is -2.07. The lowest BCUT2D eigenvalue weighted by atomic mass is 10.2. The molecule has 2 aromatic rings. The molecule has 0 saturated carbocycles. The zero-order valence-corrected chi connectivity index (χ0v) is 11.5. The van der Waals surface area contributed by atoms with E-state index < -0.39 is 5.97 Å². The maximum atomic E-state index is 12.7. The minimum Gasteiger partial charge on any atom is -0.457 e. The molecule has 0 heterocycles. The van der Waals surface area contributed by atoms with E-state index in [4.69, 9.17) is 10.5 Å². The van der Waals surface area contributed by atoms with Crippen molar-refractivity contribution in [1.82, 2.24) is 0 Å². The Morgan fingerprint density at radius 2 is 1.89 bits per heavy atom. The average Bonchev–Trinajstić information content (AvgIpc) is 2.41. The summed E-state index contributed by atoms with van der Waals surface area (Å²) >= 11 is 3.24. The number of nitrogen functional groups attached to an aromatic ring is 1. The first-order valence-corrected chi connectivity index (χ1v) is 6.33. The largest absolute Gasteiger partial charge is 0.457 e. The summed E-state index contributed by atoms with van der Waals surface area (Å²) in [6.07, 6.45) is 0. The van der Waals surface area contributed by atoms with Gasteiger partial charge in [-0.15, -0.1) is 0 Å². The lowest BCUT2D eigenvalue weighted by molar-refractivity contribution is 0.0471. The van der Waals surface area contributed by atoms with Gasteiger partial charge in [0.15, 0.2) is 0 Å². The number of carbonyl (C=O) groups is 1. The molecule has 98 valence electrons. The van der Waals surface area contributed by atoms with Gasteiger partial charge in [-0.1, -0.05) is 18.2 Å². The second kappa shape index (κ2) is 5.84. The molecule has 2 rings (SSSR count). The number of esters is 1. The van der Waals surface area contributed by atoms with Crippen LogP contribution >= 0.6 is 15.9 Å². The SMILES string of the molecule is Nc1cccc(C(=O)OCc2ccc(F)cc2)c1Br. The Kier molecular flexibility index (Phi) is 4.16. The summed E-state index contributed by atoms with van der Waals surface area (Å²) in [5.74, 6) is -0.808. The summed E-state index contributed by atoms with van der Waals surface area (Å²) < 4.78 is 18.4. The first-order valence-electron chi connectivity index (χ1n) is 5.53. The van der Waals surface area contributed by atoms with E-state index >= 15 is 0 Å². The second-order valence-electron chi connectivity index (χ2n) is 3.91. The van der Waals surface area contributed by atoms with Crippen molar-refractivity contribution in [1.29, 1.82) is 0 Å². The molecule has 19 heavy (non-hydrogen) atoms. The summed E-state index contributed by atoms with van der Waals surface area (Å²) in [5, 5.41) is 0. The monoisotopic (exact) mass is 323 g/mol. The third-order valence-corrected chi connectivity index (χ3v) is 3.42. The summed E-state index contributed by atoms with van der Waals surface area (Å²) in [5.41, 5.74) is 7.24. The van der Waals surface area contributed by atoms with Gasteiger partial charge in [-0.05, 0) is 45.8 Å². The van der Waals surface area contributed by atoms with Crippen molar-refractivity contribution >= 4 is 27.6 Å². The van der Waals surface area contributed by atoms with Crippen LogP contribution in [0.5, 0.6) is 0 Å². The van der Waals surface area contributed by atoms with Gasteiger partial charge in [-0.3, -0.25) is 0 Å². The van der Waals surface area contributed by atoms with Crippen LogP contribution in [0.15, 0.2) is 46.9 Å². The molecule has 3 nitrogen and oxygen atoms in total. The maximum absolute atomic E-state index is 12.7. The molecule has 0 atom stereocenters. The summed E-state index contributed by atoms with van der Waals surface area (Å²) in [7, 11) is 0. The number of hydrogen-bond acceptors (Lipinski definition) is 3. The Bertz CT molecular complexity index is 599. The number of nitrogens with two attached hydrogens (primary N) is 1. The number of carbonyl (C=O) groups excluding carboxylic acids is 1. The summed E-state index contributed by atoms with van der Waals surface area (Å²) in [6.45, 7) is 0.0837. The summed E-state index contributed by atoms with van der Waals surface area (Å²) in [4.78, 5) is 11.9. The molecule has 0 amide bonds. The third kappa shape index (κ3) is 3.32. The molecule has 0 bridgehead atoms. The van der Waals surface area contributed by atoms with E-state index in [1.165, 1.54) is 12.1 Å². The molecular formula is C14H11BrFNO2.